The van der Waals surface area contributed by atoms with E-state index in [1.807, 2.05) is 26.0 Å². The van der Waals surface area contributed by atoms with Crippen molar-refractivity contribution in [2.45, 2.75) is 65.0 Å². The normalized spacial score (nSPS) is 16.6. The minimum atomic E-state index is -0.552. The predicted octanol–water partition coefficient (Wildman–Crippen LogP) is 2.37. The molecule has 1 aromatic rings. The predicted molar refractivity (Wildman–Crippen MR) is 133 cm³/mol. The summed E-state index contributed by atoms with van der Waals surface area (Å²) < 4.78 is 10.8. The van der Waals surface area contributed by atoms with Gasteiger partial charge in [-0.15, -0.1) is 0 Å². The lowest BCUT2D eigenvalue weighted by Crippen LogP contribution is -2.54. The van der Waals surface area contributed by atoms with Crippen molar-refractivity contribution in [2.24, 2.45) is 11.8 Å². The highest BCUT2D eigenvalue weighted by Gasteiger charge is 2.30. The van der Waals surface area contributed by atoms with Gasteiger partial charge in [0.15, 0.2) is 11.5 Å². The van der Waals surface area contributed by atoms with E-state index in [0.717, 1.165) is 36.8 Å². The van der Waals surface area contributed by atoms with Crippen LogP contribution >= 0.6 is 0 Å². The van der Waals surface area contributed by atoms with Gasteiger partial charge in [-0.05, 0) is 55.9 Å². The molecule has 0 unspecified atom stereocenters. The number of carbonyl (C=O) groups is 3. The van der Waals surface area contributed by atoms with E-state index in [0.29, 0.717) is 54.8 Å². The number of hydrogen-bond acceptors (Lipinski definition) is 7. The first-order chi connectivity index (χ1) is 17.2. The highest BCUT2D eigenvalue weighted by Crippen LogP contribution is 2.33. The summed E-state index contributed by atoms with van der Waals surface area (Å²) in [6, 6.07) is 3.75. The van der Waals surface area contributed by atoms with E-state index in [9.17, 15) is 19.6 Å². The molecule has 1 aliphatic heterocycles. The zero-order chi connectivity index (χ0) is 26.2. The Bertz CT molecular complexity index is 918. The topological polar surface area (TPSA) is 112 Å². The van der Waals surface area contributed by atoms with E-state index in [1.54, 1.807) is 24.1 Å². The fourth-order valence-electron chi connectivity index (χ4n) is 5.11. The molecule has 1 saturated carbocycles. The zero-order valence-electron chi connectivity index (χ0n) is 21.9. The van der Waals surface area contributed by atoms with Crippen LogP contribution in [0.25, 0.3) is 0 Å². The van der Waals surface area contributed by atoms with Gasteiger partial charge in [-0.25, -0.2) is 10.1 Å². The summed E-state index contributed by atoms with van der Waals surface area (Å²) in [5, 5.41) is 11.9. The van der Waals surface area contributed by atoms with Crippen molar-refractivity contribution in [3.63, 3.8) is 0 Å². The Morgan fingerprint density at radius 3 is 2.39 bits per heavy atom. The summed E-state index contributed by atoms with van der Waals surface area (Å²) in [6.45, 7) is 4.80. The summed E-state index contributed by atoms with van der Waals surface area (Å²) >= 11 is 0. The molecule has 1 heterocycles. The fraction of sp³-hybridized carbons (Fsp3) is 0.654. The van der Waals surface area contributed by atoms with Crippen molar-refractivity contribution in [1.82, 2.24) is 20.4 Å². The second-order valence-electron chi connectivity index (χ2n) is 10.0. The van der Waals surface area contributed by atoms with Crippen LogP contribution < -0.4 is 14.9 Å². The zero-order valence-corrected chi connectivity index (χ0v) is 21.9. The molecule has 1 fully saturated rings. The molecule has 10 nitrogen and oxygen atoms in total. The third-order valence-electron chi connectivity index (χ3n) is 7.25. The van der Waals surface area contributed by atoms with Gasteiger partial charge in [0, 0.05) is 19.1 Å². The minimum Gasteiger partial charge on any atom is -0.493 e. The van der Waals surface area contributed by atoms with Gasteiger partial charge in [0.05, 0.1) is 33.2 Å². The van der Waals surface area contributed by atoms with Crippen LogP contribution in [-0.4, -0.2) is 78.3 Å². The lowest BCUT2D eigenvalue weighted by atomic mass is 9.92. The number of hydrazine groups is 1. The van der Waals surface area contributed by atoms with Gasteiger partial charge >= 0.3 is 0 Å². The molecule has 1 atom stereocenters. The first-order valence-corrected chi connectivity index (χ1v) is 12.7. The lowest BCUT2D eigenvalue weighted by Gasteiger charge is -2.34. The molecule has 1 aliphatic carbocycles. The summed E-state index contributed by atoms with van der Waals surface area (Å²) in [6.07, 6.45) is 6.00. The number of rotatable bonds is 12. The van der Waals surface area contributed by atoms with Crippen molar-refractivity contribution in [3.05, 3.63) is 23.3 Å². The van der Waals surface area contributed by atoms with Crippen molar-refractivity contribution in [1.29, 1.82) is 0 Å². The second-order valence-corrected chi connectivity index (χ2v) is 10.0. The third kappa shape index (κ3) is 7.10. The van der Waals surface area contributed by atoms with Crippen LogP contribution in [-0.2, 0) is 27.3 Å². The number of nitrogens with zero attached hydrogens (tertiary/aromatic N) is 3. The Morgan fingerprint density at radius 1 is 1.17 bits per heavy atom. The molecular formula is C26H40N4O6. The van der Waals surface area contributed by atoms with Crippen LogP contribution in [0.4, 0.5) is 0 Å². The third-order valence-corrected chi connectivity index (χ3v) is 7.25. The van der Waals surface area contributed by atoms with E-state index < -0.39 is 5.92 Å². The molecule has 10 heteroatoms. The number of nitrogens with one attached hydrogen (secondary N) is 1. The highest BCUT2D eigenvalue weighted by atomic mass is 16.5. The standard InChI is InChI=1S/C26H40N4O6/c1-18(2)30(27-26(33)22(15-29(34)17-31)11-19-7-5-6-8-19)16-25(32)28-10-9-20-12-23(35-3)24(36-4)13-21(20)14-28/h12-13,17-19,22,34H,5-11,14-16H2,1-4H3,(H,27,33)/t22-/m1/s1. The van der Waals surface area contributed by atoms with Gasteiger partial charge < -0.3 is 14.4 Å². The molecule has 200 valence electrons. The second kappa shape index (κ2) is 12.9. The molecule has 0 bridgehead atoms. The highest BCUT2D eigenvalue weighted by molar-refractivity contribution is 5.81. The Morgan fingerprint density at radius 2 is 1.81 bits per heavy atom. The molecule has 0 aromatic heterocycles. The van der Waals surface area contributed by atoms with Crippen molar-refractivity contribution in [2.75, 3.05) is 33.9 Å². The summed E-state index contributed by atoms with van der Waals surface area (Å²) in [5.74, 6) is 0.776. The van der Waals surface area contributed by atoms with E-state index in [-0.39, 0.29) is 30.9 Å². The maximum absolute atomic E-state index is 13.2. The molecule has 2 N–H and O–H groups in total. The van der Waals surface area contributed by atoms with E-state index >= 15 is 0 Å². The quantitative estimate of drug-likeness (QED) is 0.255. The Kier molecular flexibility index (Phi) is 9.95. The lowest BCUT2D eigenvalue weighted by molar-refractivity contribution is -0.156. The first-order valence-electron chi connectivity index (χ1n) is 12.7. The average molecular weight is 505 g/mol. The van der Waals surface area contributed by atoms with E-state index in [4.69, 9.17) is 9.47 Å². The van der Waals surface area contributed by atoms with E-state index in [1.165, 1.54) is 0 Å². The van der Waals surface area contributed by atoms with Crippen LogP contribution in [0.2, 0.25) is 0 Å². The molecule has 36 heavy (non-hydrogen) atoms. The van der Waals surface area contributed by atoms with Gasteiger partial charge in [0.1, 0.15) is 0 Å². The molecule has 1 aromatic carbocycles. The Labute approximate surface area is 213 Å². The molecule has 0 radical (unpaired) electrons. The first kappa shape index (κ1) is 27.7. The van der Waals surface area contributed by atoms with Gasteiger partial charge in [-0.3, -0.25) is 25.0 Å². The Hall–Kier alpha value is -2.85. The van der Waals surface area contributed by atoms with E-state index in [2.05, 4.69) is 5.43 Å². The fourth-order valence-corrected chi connectivity index (χ4v) is 5.11. The number of benzene rings is 1. The number of hydroxylamine groups is 2. The van der Waals surface area contributed by atoms with Gasteiger partial charge in [0.2, 0.25) is 18.2 Å². The van der Waals surface area contributed by atoms with Crippen LogP contribution in [0.3, 0.4) is 0 Å². The van der Waals surface area contributed by atoms with Crippen molar-refractivity contribution >= 4 is 18.2 Å². The number of hydrogen-bond donors (Lipinski definition) is 2. The summed E-state index contributed by atoms with van der Waals surface area (Å²) in [5.41, 5.74) is 5.04. The minimum absolute atomic E-state index is 0.0265. The maximum atomic E-state index is 13.2. The number of fused-ring (bicyclic) bond motifs is 1. The van der Waals surface area contributed by atoms with Crippen LogP contribution in [0.1, 0.15) is 57.1 Å². The maximum Gasteiger partial charge on any atom is 0.239 e. The molecule has 2 aliphatic rings. The average Bonchev–Trinajstić information content (AvgIpc) is 3.39. The molecule has 0 spiro atoms. The molecule has 0 saturated heterocycles. The van der Waals surface area contributed by atoms with Crippen LogP contribution in [0.15, 0.2) is 12.1 Å². The SMILES string of the molecule is COc1cc2c(cc1OC)CN(C(=O)CN(NC(=O)[C@H](CC1CCCC1)CN(O)C=O)C(C)C)CC2. The molecule has 3 rings (SSSR count). The summed E-state index contributed by atoms with van der Waals surface area (Å²) in [4.78, 5) is 39.2. The van der Waals surface area contributed by atoms with Gasteiger partial charge in [-0.1, -0.05) is 25.7 Å². The van der Waals surface area contributed by atoms with Gasteiger partial charge in [0.25, 0.3) is 0 Å². The number of methoxy groups -OCH3 is 2. The molecular weight excluding hydrogens is 464 g/mol. The summed E-state index contributed by atoms with van der Waals surface area (Å²) in [7, 11) is 3.19. The van der Waals surface area contributed by atoms with Crippen LogP contribution in [0, 0.1) is 11.8 Å². The van der Waals surface area contributed by atoms with Crippen molar-refractivity contribution < 1.29 is 29.1 Å². The Balaban J connectivity index is 1.65. The van der Waals surface area contributed by atoms with Crippen LogP contribution in [0.5, 0.6) is 11.5 Å². The van der Waals surface area contributed by atoms with Crippen molar-refractivity contribution in [3.8, 4) is 11.5 Å². The number of ether oxygens (including phenoxy) is 2. The molecule has 3 amide bonds. The number of amides is 3. The number of carbonyl (C=O) groups excluding carboxylic acids is 3. The van der Waals surface area contributed by atoms with Gasteiger partial charge in [-0.2, -0.15) is 0 Å². The largest absolute Gasteiger partial charge is 0.493 e. The monoisotopic (exact) mass is 504 g/mol. The smallest absolute Gasteiger partial charge is 0.239 e.